The van der Waals surface area contributed by atoms with Gasteiger partial charge in [0.25, 0.3) is 0 Å². The fourth-order valence-electron chi connectivity index (χ4n) is 2.98. The van der Waals surface area contributed by atoms with Crippen LogP contribution in [0.1, 0.15) is 22.9 Å². The highest BCUT2D eigenvalue weighted by atomic mass is 35.5. The number of furan rings is 1. The van der Waals surface area contributed by atoms with E-state index in [0.717, 1.165) is 6.07 Å². The maximum atomic E-state index is 13.9. The summed E-state index contributed by atoms with van der Waals surface area (Å²) in [6.45, 7) is 2.43. The van der Waals surface area contributed by atoms with E-state index in [1.165, 1.54) is 18.4 Å². The quantitative estimate of drug-likeness (QED) is 0.838. The summed E-state index contributed by atoms with van der Waals surface area (Å²) in [5.41, 5.74) is -1.34. The molecule has 2 aromatic rings. The highest BCUT2D eigenvalue weighted by molar-refractivity contribution is 5.85. The van der Waals surface area contributed by atoms with Crippen molar-refractivity contribution in [2.45, 2.75) is 12.2 Å². The minimum atomic E-state index is -4.76. The van der Waals surface area contributed by atoms with Gasteiger partial charge >= 0.3 is 6.18 Å². The molecule has 1 fully saturated rings. The monoisotopic (exact) mass is 364 g/mol. The average molecular weight is 365 g/mol. The Balaban J connectivity index is 0.00000208. The third-order valence-electron chi connectivity index (χ3n) is 3.95. The van der Waals surface area contributed by atoms with Gasteiger partial charge in [-0.05, 0) is 23.8 Å². The summed E-state index contributed by atoms with van der Waals surface area (Å²) in [5.74, 6) is -0.885. The number of halogens is 5. The molecular formula is C16H17ClF4N2O. The Bertz CT molecular complexity index is 655. The Morgan fingerprint density at radius 3 is 2.38 bits per heavy atom. The van der Waals surface area contributed by atoms with Gasteiger partial charge in [-0.2, -0.15) is 13.2 Å². The van der Waals surface area contributed by atoms with Crippen LogP contribution in [0.15, 0.2) is 41.0 Å². The molecule has 0 spiro atoms. The van der Waals surface area contributed by atoms with E-state index >= 15 is 0 Å². The molecule has 1 atom stereocenters. The normalized spacial score (nSPS) is 17.3. The summed E-state index contributed by atoms with van der Waals surface area (Å²) < 4.78 is 59.4. The van der Waals surface area contributed by atoms with E-state index in [4.69, 9.17) is 4.42 Å². The van der Waals surface area contributed by atoms with Gasteiger partial charge < -0.3 is 9.73 Å². The Labute approximate surface area is 143 Å². The van der Waals surface area contributed by atoms with Gasteiger partial charge in [-0.1, -0.05) is 12.1 Å². The highest BCUT2D eigenvalue weighted by Crippen LogP contribution is 2.40. The van der Waals surface area contributed by atoms with Crippen LogP contribution in [0.25, 0.3) is 0 Å². The van der Waals surface area contributed by atoms with E-state index in [0.29, 0.717) is 31.9 Å². The van der Waals surface area contributed by atoms with Gasteiger partial charge in [0.15, 0.2) is 0 Å². The molecule has 0 amide bonds. The Morgan fingerprint density at radius 2 is 1.79 bits per heavy atom. The van der Waals surface area contributed by atoms with Crippen molar-refractivity contribution in [2.75, 3.05) is 26.2 Å². The van der Waals surface area contributed by atoms with E-state index in [1.54, 1.807) is 12.1 Å². The second-order valence-corrected chi connectivity index (χ2v) is 5.41. The summed E-state index contributed by atoms with van der Waals surface area (Å²) in [6.07, 6.45) is -3.35. The number of piperazine rings is 1. The molecular weight excluding hydrogens is 348 g/mol. The number of nitrogens with one attached hydrogen (secondary N) is 1. The van der Waals surface area contributed by atoms with Gasteiger partial charge in [0.2, 0.25) is 0 Å². The Hall–Kier alpha value is -1.57. The zero-order valence-corrected chi connectivity index (χ0v) is 13.5. The molecule has 3 nitrogen and oxygen atoms in total. The number of alkyl halides is 3. The summed E-state index contributed by atoms with van der Waals surface area (Å²) in [4.78, 5) is 1.87. The lowest BCUT2D eigenvalue weighted by Gasteiger charge is -2.35. The second kappa shape index (κ2) is 7.55. The van der Waals surface area contributed by atoms with Crippen molar-refractivity contribution in [3.63, 3.8) is 0 Å². The molecule has 0 saturated carbocycles. The van der Waals surface area contributed by atoms with Crippen molar-refractivity contribution in [1.82, 2.24) is 10.2 Å². The lowest BCUT2D eigenvalue weighted by atomic mass is 9.95. The van der Waals surface area contributed by atoms with Gasteiger partial charge in [-0.15, -0.1) is 12.4 Å². The number of rotatable bonds is 3. The van der Waals surface area contributed by atoms with Gasteiger partial charge in [0, 0.05) is 26.2 Å². The lowest BCUT2D eigenvalue weighted by Crippen LogP contribution is -2.45. The second-order valence-electron chi connectivity index (χ2n) is 5.41. The summed E-state index contributed by atoms with van der Waals surface area (Å²) in [6, 6.07) is 5.94. The summed E-state index contributed by atoms with van der Waals surface area (Å²) in [7, 11) is 0. The zero-order valence-electron chi connectivity index (χ0n) is 12.6. The molecule has 2 heterocycles. The van der Waals surface area contributed by atoms with Crippen LogP contribution >= 0.6 is 12.4 Å². The molecule has 0 bridgehead atoms. The minimum Gasteiger partial charge on any atom is -0.467 e. The summed E-state index contributed by atoms with van der Waals surface area (Å²) >= 11 is 0. The molecule has 1 aliphatic heterocycles. The van der Waals surface area contributed by atoms with E-state index in [9.17, 15) is 17.6 Å². The molecule has 1 aromatic heterocycles. The van der Waals surface area contributed by atoms with Crippen molar-refractivity contribution < 1.29 is 22.0 Å². The van der Waals surface area contributed by atoms with Crippen LogP contribution in [0, 0.1) is 5.82 Å². The van der Waals surface area contributed by atoms with Crippen molar-refractivity contribution in [3.05, 3.63) is 59.3 Å². The molecule has 132 valence electrons. The zero-order chi connectivity index (χ0) is 16.4. The molecule has 3 rings (SSSR count). The molecule has 0 unspecified atom stereocenters. The topological polar surface area (TPSA) is 28.4 Å². The molecule has 24 heavy (non-hydrogen) atoms. The Morgan fingerprint density at radius 1 is 1.08 bits per heavy atom. The highest BCUT2D eigenvalue weighted by Gasteiger charge is 2.40. The van der Waals surface area contributed by atoms with Crippen LogP contribution in [0.2, 0.25) is 0 Å². The molecule has 1 saturated heterocycles. The van der Waals surface area contributed by atoms with Crippen molar-refractivity contribution in [1.29, 1.82) is 0 Å². The van der Waals surface area contributed by atoms with Crippen LogP contribution in [0.3, 0.4) is 0 Å². The maximum absolute atomic E-state index is 13.9. The van der Waals surface area contributed by atoms with Crippen molar-refractivity contribution in [2.24, 2.45) is 0 Å². The first-order chi connectivity index (χ1) is 11.0. The Kier molecular flexibility index (Phi) is 5.90. The first-order valence-corrected chi connectivity index (χ1v) is 7.32. The average Bonchev–Trinajstić information content (AvgIpc) is 3.01. The molecule has 0 aliphatic carbocycles. The summed E-state index contributed by atoms with van der Waals surface area (Å²) in [5, 5.41) is 3.15. The van der Waals surface area contributed by atoms with Crippen molar-refractivity contribution in [3.8, 4) is 0 Å². The van der Waals surface area contributed by atoms with Gasteiger partial charge in [-0.25, -0.2) is 4.39 Å². The van der Waals surface area contributed by atoms with E-state index < -0.39 is 23.6 Å². The standard InChI is InChI=1S/C16H16F4N2O.ClH/c17-12-4-1-3-11(14(12)16(18,19)20)15(13-5-2-10-23-13)22-8-6-21-7-9-22;/h1-5,10,15,21H,6-9H2;1H/t15-;/m0./s1. The van der Waals surface area contributed by atoms with Crippen molar-refractivity contribution >= 4 is 12.4 Å². The largest absolute Gasteiger partial charge is 0.467 e. The fourth-order valence-corrected chi connectivity index (χ4v) is 2.98. The molecule has 8 heteroatoms. The smallest absolute Gasteiger partial charge is 0.419 e. The molecule has 0 radical (unpaired) electrons. The van der Waals surface area contributed by atoms with Gasteiger partial charge in [-0.3, -0.25) is 4.90 Å². The SMILES string of the molecule is Cl.Fc1cccc([C@@H](c2ccco2)N2CCNCC2)c1C(F)(F)F. The van der Waals surface area contributed by atoms with Crippen LogP contribution in [0.5, 0.6) is 0 Å². The number of hydrogen-bond acceptors (Lipinski definition) is 3. The third-order valence-corrected chi connectivity index (χ3v) is 3.95. The van der Waals surface area contributed by atoms with Crippen LogP contribution in [-0.2, 0) is 6.18 Å². The first-order valence-electron chi connectivity index (χ1n) is 7.32. The number of benzene rings is 1. The van der Waals surface area contributed by atoms with Crippen LogP contribution in [-0.4, -0.2) is 31.1 Å². The van der Waals surface area contributed by atoms with E-state index in [-0.39, 0.29) is 18.0 Å². The number of hydrogen-bond donors (Lipinski definition) is 1. The van der Waals surface area contributed by atoms with Crippen LogP contribution < -0.4 is 5.32 Å². The van der Waals surface area contributed by atoms with E-state index in [1.807, 2.05) is 4.90 Å². The third kappa shape index (κ3) is 3.74. The minimum absolute atomic E-state index is 0. The molecule has 1 aliphatic rings. The predicted molar refractivity (Wildman–Crippen MR) is 83.6 cm³/mol. The fraction of sp³-hybridized carbons (Fsp3) is 0.375. The van der Waals surface area contributed by atoms with Gasteiger partial charge in [0.05, 0.1) is 17.9 Å². The van der Waals surface area contributed by atoms with E-state index in [2.05, 4.69) is 5.32 Å². The van der Waals surface area contributed by atoms with Crippen LogP contribution in [0.4, 0.5) is 17.6 Å². The first kappa shape index (κ1) is 18.8. The predicted octanol–water partition coefficient (Wildman–Crippen LogP) is 3.85. The lowest BCUT2D eigenvalue weighted by molar-refractivity contribution is -0.141. The van der Waals surface area contributed by atoms with Gasteiger partial charge in [0.1, 0.15) is 11.6 Å². The molecule has 1 N–H and O–H groups in total. The maximum Gasteiger partial charge on any atom is 0.419 e. The number of nitrogens with zero attached hydrogens (tertiary/aromatic N) is 1. The molecule has 1 aromatic carbocycles.